The molecule has 1 aliphatic heterocycles. The minimum absolute atomic E-state index is 0.0743. The number of β-amino-alcohol motifs (C(OH)–C–C–N with tert-alkyl or cyclic N) is 1. The maximum Gasteiger partial charge on any atom is 0.151 e. The van der Waals surface area contributed by atoms with Crippen molar-refractivity contribution in [3.05, 3.63) is 66.1 Å². The van der Waals surface area contributed by atoms with Crippen molar-refractivity contribution in [2.45, 2.75) is 25.2 Å². The van der Waals surface area contributed by atoms with E-state index in [0.29, 0.717) is 37.5 Å². The summed E-state index contributed by atoms with van der Waals surface area (Å²) < 4.78 is 37.6. The molecule has 0 unspecified atom stereocenters. The van der Waals surface area contributed by atoms with Crippen molar-refractivity contribution in [2.75, 3.05) is 13.1 Å². The van der Waals surface area contributed by atoms with Crippen LogP contribution in [0.3, 0.4) is 0 Å². The number of halogens is 2. The molecule has 1 saturated heterocycles. The minimum atomic E-state index is -0.793. The van der Waals surface area contributed by atoms with Crippen LogP contribution in [0.25, 0.3) is 11.4 Å². The van der Waals surface area contributed by atoms with Gasteiger partial charge in [-0.2, -0.15) is 0 Å². The maximum atomic E-state index is 13.3. The van der Waals surface area contributed by atoms with Gasteiger partial charge >= 0.3 is 0 Å². The van der Waals surface area contributed by atoms with Crippen LogP contribution in [0.15, 0.2) is 53.2 Å². The largest absolute Gasteiger partial charge is 0.487 e. The highest BCUT2D eigenvalue weighted by Gasteiger charge is 2.30. The first-order valence-electron chi connectivity index (χ1n) is 8.97. The van der Waals surface area contributed by atoms with E-state index < -0.39 is 23.8 Å². The fourth-order valence-electron chi connectivity index (χ4n) is 3.27. The number of ether oxygens (including phenoxy) is 1. The second kappa shape index (κ2) is 8.04. The zero-order valence-electron chi connectivity index (χ0n) is 15.0. The van der Waals surface area contributed by atoms with E-state index in [0.717, 1.165) is 23.9 Å². The lowest BCUT2D eigenvalue weighted by atomic mass is 10.0. The van der Waals surface area contributed by atoms with Gasteiger partial charge in [-0.15, -0.1) is 0 Å². The number of benzene rings is 1. The van der Waals surface area contributed by atoms with E-state index in [4.69, 9.17) is 9.26 Å². The monoisotopic (exact) mass is 387 g/mol. The molecule has 1 aromatic carbocycles. The Hall–Kier alpha value is -2.84. The van der Waals surface area contributed by atoms with Gasteiger partial charge in [-0.1, -0.05) is 11.2 Å². The minimum Gasteiger partial charge on any atom is -0.487 e. The van der Waals surface area contributed by atoms with E-state index in [1.165, 1.54) is 0 Å². The normalized spacial score (nSPS) is 20.2. The first kappa shape index (κ1) is 18.5. The number of aliphatic hydroxyl groups is 1. The molecular formula is C20H19F2N3O3. The third-order valence-corrected chi connectivity index (χ3v) is 4.59. The first-order chi connectivity index (χ1) is 13.6. The summed E-state index contributed by atoms with van der Waals surface area (Å²) in [6.45, 7) is 1.47. The number of pyridine rings is 1. The molecule has 3 aromatic rings. The first-order valence-corrected chi connectivity index (χ1v) is 8.97. The highest BCUT2D eigenvalue weighted by atomic mass is 19.1. The number of aromatic nitrogens is 2. The Morgan fingerprint density at radius 2 is 1.96 bits per heavy atom. The van der Waals surface area contributed by atoms with Gasteiger partial charge in [0.25, 0.3) is 0 Å². The molecule has 146 valence electrons. The summed E-state index contributed by atoms with van der Waals surface area (Å²) in [5.74, 6) is -0.684. The predicted molar refractivity (Wildman–Crippen MR) is 96.4 cm³/mol. The number of hydrogen-bond donors (Lipinski definition) is 1. The summed E-state index contributed by atoms with van der Waals surface area (Å²) in [7, 11) is 0. The van der Waals surface area contributed by atoms with Gasteiger partial charge in [0.2, 0.25) is 0 Å². The average molecular weight is 387 g/mol. The van der Waals surface area contributed by atoms with Crippen molar-refractivity contribution in [1.82, 2.24) is 15.0 Å². The van der Waals surface area contributed by atoms with Gasteiger partial charge in [0.1, 0.15) is 35.3 Å². The van der Waals surface area contributed by atoms with Gasteiger partial charge in [-0.3, -0.25) is 9.88 Å². The Morgan fingerprint density at radius 1 is 1.14 bits per heavy atom. The summed E-state index contributed by atoms with van der Waals surface area (Å²) >= 11 is 0. The molecule has 0 spiro atoms. The molecule has 3 heterocycles. The third kappa shape index (κ3) is 4.35. The molecule has 8 heteroatoms. The van der Waals surface area contributed by atoms with Crippen LogP contribution in [0, 0.1) is 11.6 Å². The number of hydrogen-bond acceptors (Lipinski definition) is 6. The van der Waals surface area contributed by atoms with E-state index in [9.17, 15) is 13.9 Å². The van der Waals surface area contributed by atoms with E-state index in [1.807, 2.05) is 29.2 Å². The third-order valence-electron chi connectivity index (χ3n) is 4.59. The predicted octanol–water partition coefficient (Wildman–Crippen LogP) is 3.03. The van der Waals surface area contributed by atoms with E-state index in [2.05, 4.69) is 10.1 Å². The maximum absolute atomic E-state index is 13.3. The van der Waals surface area contributed by atoms with Gasteiger partial charge in [-0.25, -0.2) is 8.78 Å². The lowest BCUT2D eigenvalue weighted by molar-refractivity contribution is -0.0294. The molecule has 2 atom stereocenters. The smallest absolute Gasteiger partial charge is 0.151 e. The Balaban J connectivity index is 1.35. The molecule has 1 aliphatic rings. The second-order valence-corrected chi connectivity index (χ2v) is 6.75. The molecule has 0 radical (unpaired) electrons. The molecule has 2 aromatic heterocycles. The number of rotatable bonds is 5. The van der Waals surface area contributed by atoms with Crippen LogP contribution in [-0.2, 0) is 6.54 Å². The Morgan fingerprint density at radius 3 is 2.68 bits per heavy atom. The van der Waals surface area contributed by atoms with Crippen molar-refractivity contribution < 1.29 is 23.1 Å². The number of likely N-dealkylation sites (tertiary alicyclic amines) is 1. The molecule has 0 bridgehead atoms. The van der Waals surface area contributed by atoms with Gasteiger partial charge in [0, 0.05) is 43.6 Å². The Labute approximate surface area is 160 Å². The summed E-state index contributed by atoms with van der Waals surface area (Å²) in [6.07, 6.45) is 0.880. The van der Waals surface area contributed by atoms with Crippen LogP contribution in [0.1, 0.15) is 12.2 Å². The summed E-state index contributed by atoms with van der Waals surface area (Å²) in [5, 5.41) is 14.4. The Kier molecular flexibility index (Phi) is 5.31. The molecule has 0 amide bonds. The molecule has 0 aliphatic carbocycles. The SMILES string of the molecule is O[C@@H]1CN(Cc2cc(-c3ccccn3)no2)CC[C@H]1Oc1cc(F)cc(F)c1. The highest BCUT2D eigenvalue weighted by molar-refractivity contribution is 5.52. The van der Waals surface area contributed by atoms with Gasteiger partial charge in [-0.05, 0) is 18.6 Å². The molecular weight excluding hydrogens is 368 g/mol. The summed E-state index contributed by atoms with van der Waals surface area (Å²) in [4.78, 5) is 6.25. The van der Waals surface area contributed by atoms with E-state index in [-0.39, 0.29) is 5.75 Å². The van der Waals surface area contributed by atoms with Crippen molar-refractivity contribution in [1.29, 1.82) is 0 Å². The van der Waals surface area contributed by atoms with Crippen LogP contribution in [0.2, 0.25) is 0 Å². The topological polar surface area (TPSA) is 71.6 Å². The number of piperidine rings is 1. The molecule has 28 heavy (non-hydrogen) atoms. The Bertz CT molecular complexity index is 915. The van der Waals surface area contributed by atoms with Crippen molar-refractivity contribution in [3.8, 4) is 17.1 Å². The lowest BCUT2D eigenvalue weighted by Gasteiger charge is -2.35. The molecule has 0 saturated carbocycles. The zero-order chi connectivity index (χ0) is 19.5. The molecule has 6 nitrogen and oxygen atoms in total. The number of nitrogens with zero attached hydrogens (tertiary/aromatic N) is 3. The quantitative estimate of drug-likeness (QED) is 0.726. The average Bonchev–Trinajstić information content (AvgIpc) is 3.12. The fourth-order valence-corrected chi connectivity index (χ4v) is 3.27. The lowest BCUT2D eigenvalue weighted by Crippen LogP contribution is -2.48. The van der Waals surface area contributed by atoms with Gasteiger partial charge < -0.3 is 14.4 Å². The van der Waals surface area contributed by atoms with Gasteiger partial charge in [0.15, 0.2) is 5.76 Å². The van der Waals surface area contributed by atoms with Crippen LogP contribution in [-0.4, -0.2) is 45.4 Å². The van der Waals surface area contributed by atoms with Crippen molar-refractivity contribution in [3.63, 3.8) is 0 Å². The summed E-state index contributed by atoms with van der Waals surface area (Å²) in [6, 6.07) is 10.4. The fraction of sp³-hybridized carbons (Fsp3) is 0.300. The van der Waals surface area contributed by atoms with Crippen LogP contribution < -0.4 is 4.74 Å². The van der Waals surface area contributed by atoms with Crippen molar-refractivity contribution >= 4 is 0 Å². The number of aliphatic hydroxyl groups excluding tert-OH is 1. The summed E-state index contributed by atoms with van der Waals surface area (Å²) in [5.41, 5.74) is 1.38. The van der Waals surface area contributed by atoms with Crippen LogP contribution in [0.5, 0.6) is 5.75 Å². The molecule has 4 rings (SSSR count). The zero-order valence-corrected chi connectivity index (χ0v) is 15.0. The van der Waals surface area contributed by atoms with Gasteiger partial charge in [0.05, 0.1) is 12.2 Å². The highest BCUT2D eigenvalue weighted by Crippen LogP contribution is 2.23. The molecule has 1 N–H and O–H groups in total. The second-order valence-electron chi connectivity index (χ2n) is 6.75. The van der Waals surface area contributed by atoms with Crippen LogP contribution in [0.4, 0.5) is 8.78 Å². The van der Waals surface area contributed by atoms with Crippen LogP contribution >= 0.6 is 0 Å². The standard InChI is InChI=1S/C20H19F2N3O3/c21-13-7-14(22)9-15(8-13)27-20-4-6-25(12-19(20)26)11-16-10-18(24-28-16)17-3-1-2-5-23-17/h1-3,5,7-10,19-20,26H,4,6,11-12H2/t19-,20-/m1/s1. The van der Waals surface area contributed by atoms with E-state index in [1.54, 1.807) is 6.20 Å². The molecule has 1 fully saturated rings. The van der Waals surface area contributed by atoms with E-state index >= 15 is 0 Å². The van der Waals surface area contributed by atoms with Crippen molar-refractivity contribution in [2.24, 2.45) is 0 Å².